The third-order valence-corrected chi connectivity index (χ3v) is 4.63. The van der Waals surface area contributed by atoms with Crippen molar-refractivity contribution in [3.8, 4) is 11.8 Å². The summed E-state index contributed by atoms with van der Waals surface area (Å²) in [6.07, 6.45) is 1.81. The number of aryl methyl sites for hydroxylation is 1. The molecule has 0 aliphatic carbocycles. The van der Waals surface area contributed by atoms with Gasteiger partial charge in [-0.1, -0.05) is 54.6 Å². The maximum atomic E-state index is 9.68. The van der Waals surface area contributed by atoms with Gasteiger partial charge in [0, 0.05) is 5.56 Å². The zero-order chi connectivity index (χ0) is 19.3. The molecule has 0 radical (unpaired) electrons. The van der Waals surface area contributed by atoms with Crippen LogP contribution in [0.15, 0.2) is 72.8 Å². The van der Waals surface area contributed by atoms with Crippen LogP contribution in [-0.4, -0.2) is 9.97 Å². The number of rotatable bonds is 5. The molecule has 0 amide bonds. The zero-order valence-electron chi connectivity index (χ0n) is 15.5. The van der Waals surface area contributed by atoms with Gasteiger partial charge >= 0.3 is 0 Å². The number of allylic oxidation sites excluding steroid dienone is 1. The van der Waals surface area contributed by atoms with E-state index in [-0.39, 0.29) is 0 Å². The molecule has 3 aromatic carbocycles. The van der Waals surface area contributed by atoms with E-state index in [2.05, 4.69) is 35.1 Å². The van der Waals surface area contributed by atoms with Crippen LogP contribution < -0.4 is 4.74 Å². The van der Waals surface area contributed by atoms with E-state index in [1.165, 1.54) is 5.56 Å². The van der Waals surface area contributed by atoms with E-state index in [4.69, 9.17) is 4.74 Å². The van der Waals surface area contributed by atoms with Gasteiger partial charge in [0.25, 0.3) is 0 Å². The predicted molar refractivity (Wildman–Crippen MR) is 112 cm³/mol. The van der Waals surface area contributed by atoms with E-state index in [1.54, 1.807) is 0 Å². The van der Waals surface area contributed by atoms with Crippen molar-refractivity contribution in [2.75, 3.05) is 0 Å². The number of benzene rings is 3. The molecule has 1 aromatic heterocycles. The van der Waals surface area contributed by atoms with Crippen LogP contribution in [0.1, 0.15) is 22.5 Å². The highest BCUT2D eigenvalue weighted by molar-refractivity contribution is 5.91. The fourth-order valence-electron chi connectivity index (χ4n) is 3.05. The van der Waals surface area contributed by atoms with Gasteiger partial charge in [-0.3, -0.25) is 0 Å². The average Bonchev–Trinajstić information content (AvgIpc) is 3.16. The molecule has 4 nitrogen and oxygen atoms in total. The van der Waals surface area contributed by atoms with Crippen LogP contribution in [0.2, 0.25) is 0 Å². The molecular formula is C24H19N3O. The van der Waals surface area contributed by atoms with Crippen LogP contribution in [0.5, 0.6) is 5.75 Å². The van der Waals surface area contributed by atoms with Gasteiger partial charge in [-0.15, -0.1) is 0 Å². The summed E-state index contributed by atoms with van der Waals surface area (Å²) >= 11 is 0. The topological polar surface area (TPSA) is 61.7 Å². The van der Waals surface area contributed by atoms with Crippen LogP contribution in [0.4, 0.5) is 0 Å². The summed E-state index contributed by atoms with van der Waals surface area (Å²) in [7, 11) is 0. The van der Waals surface area contributed by atoms with Gasteiger partial charge in [-0.2, -0.15) is 5.26 Å². The number of nitrogens with zero attached hydrogens (tertiary/aromatic N) is 2. The predicted octanol–water partition coefficient (Wildman–Crippen LogP) is 5.51. The van der Waals surface area contributed by atoms with E-state index in [0.717, 1.165) is 27.9 Å². The number of nitriles is 1. The lowest BCUT2D eigenvalue weighted by Crippen LogP contribution is -1.99. The molecule has 0 saturated carbocycles. The molecule has 1 N–H and O–H groups in total. The Bertz CT molecular complexity index is 1160. The number of hydrogen-bond donors (Lipinski definition) is 1. The Kier molecular flexibility index (Phi) is 4.90. The standard InChI is InChI=1S/C24H19N3O/c1-17-8-2-3-10-19(17)16-28-23-13-7-4-9-18(23)14-20(15-25)24-26-21-11-5-6-12-22(21)27-24/h2-14H,16H2,1H3,(H,26,27). The summed E-state index contributed by atoms with van der Waals surface area (Å²) in [5, 5.41) is 9.68. The highest BCUT2D eigenvalue weighted by Gasteiger charge is 2.10. The lowest BCUT2D eigenvalue weighted by molar-refractivity contribution is 0.305. The van der Waals surface area contributed by atoms with Gasteiger partial charge in [0.1, 0.15) is 24.3 Å². The van der Waals surface area contributed by atoms with E-state index in [9.17, 15) is 5.26 Å². The lowest BCUT2D eigenvalue weighted by atomic mass is 10.1. The Hall–Kier alpha value is -3.84. The highest BCUT2D eigenvalue weighted by Crippen LogP contribution is 2.25. The number of imidazole rings is 1. The Balaban J connectivity index is 1.65. The highest BCUT2D eigenvalue weighted by atomic mass is 16.5. The fourth-order valence-corrected chi connectivity index (χ4v) is 3.05. The molecule has 0 aliphatic rings. The van der Waals surface area contributed by atoms with Crippen molar-refractivity contribution < 1.29 is 4.74 Å². The van der Waals surface area contributed by atoms with Gasteiger partial charge in [-0.25, -0.2) is 4.98 Å². The van der Waals surface area contributed by atoms with Gasteiger partial charge < -0.3 is 9.72 Å². The summed E-state index contributed by atoms with van der Waals surface area (Å²) in [4.78, 5) is 7.74. The molecule has 4 rings (SSSR count). The Morgan fingerprint density at radius 2 is 1.79 bits per heavy atom. The molecule has 0 aliphatic heterocycles. The van der Waals surface area contributed by atoms with E-state index in [0.29, 0.717) is 18.0 Å². The molecule has 0 atom stereocenters. The third kappa shape index (κ3) is 3.65. The molecule has 0 spiro atoms. The first-order chi connectivity index (χ1) is 13.7. The van der Waals surface area contributed by atoms with Crippen LogP contribution >= 0.6 is 0 Å². The van der Waals surface area contributed by atoms with Crippen molar-refractivity contribution in [1.82, 2.24) is 9.97 Å². The Labute approximate surface area is 163 Å². The number of aromatic amines is 1. The van der Waals surface area contributed by atoms with Gasteiger partial charge in [0.15, 0.2) is 0 Å². The Morgan fingerprint density at radius 1 is 1.04 bits per heavy atom. The lowest BCUT2D eigenvalue weighted by Gasteiger charge is -2.11. The summed E-state index contributed by atoms with van der Waals surface area (Å²) in [6.45, 7) is 2.55. The molecule has 136 valence electrons. The van der Waals surface area contributed by atoms with Crippen molar-refractivity contribution in [2.24, 2.45) is 0 Å². The molecular weight excluding hydrogens is 346 g/mol. The minimum atomic E-state index is 0.461. The normalized spacial score (nSPS) is 11.4. The largest absolute Gasteiger partial charge is 0.488 e. The number of ether oxygens (including phenoxy) is 1. The van der Waals surface area contributed by atoms with Crippen molar-refractivity contribution in [1.29, 1.82) is 5.26 Å². The van der Waals surface area contributed by atoms with Crippen molar-refractivity contribution in [3.63, 3.8) is 0 Å². The van der Waals surface area contributed by atoms with Crippen molar-refractivity contribution >= 4 is 22.7 Å². The van der Waals surface area contributed by atoms with Gasteiger partial charge in [0.2, 0.25) is 0 Å². The first-order valence-electron chi connectivity index (χ1n) is 9.08. The molecule has 0 unspecified atom stereocenters. The first kappa shape index (κ1) is 17.6. The first-order valence-corrected chi connectivity index (χ1v) is 9.08. The molecule has 4 aromatic rings. The Morgan fingerprint density at radius 3 is 2.61 bits per heavy atom. The summed E-state index contributed by atoms with van der Waals surface area (Å²) < 4.78 is 6.06. The second-order valence-corrected chi connectivity index (χ2v) is 6.53. The number of H-pyrrole nitrogens is 1. The molecule has 28 heavy (non-hydrogen) atoms. The summed E-state index contributed by atoms with van der Waals surface area (Å²) in [5.41, 5.74) is 5.37. The molecule has 0 saturated heterocycles. The number of para-hydroxylation sites is 3. The maximum absolute atomic E-state index is 9.68. The smallest absolute Gasteiger partial charge is 0.149 e. The van der Waals surface area contributed by atoms with Crippen LogP contribution in [0, 0.1) is 18.3 Å². The van der Waals surface area contributed by atoms with E-state index >= 15 is 0 Å². The van der Waals surface area contributed by atoms with Crippen LogP contribution in [-0.2, 0) is 6.61 Å². The minimum Gasteiger partial charge on any atom is -0.488 e. The second kappa shape index (κ2) is 7.81. The quantitative estimate of drug-likeness (QED) is 0.474. The molecule has 1 heterocycles. The van der Waals surface area contributed by atoms with Gasteiger partial charge in [0.05, 0.1) is 16.6 Å². The SMILES string of the molecule is Cc1ccccc1COc1ccccc1C=C(C#N)c1nc2ccccc2[nH]1. The molecule has 4 heteroatoms. The zero-order valence-corrected chi connectivity index (χ0v) is 15.5. The number of aromatic nitrogens is 2. The van der Waals surface area contributed by atoms with Crippen molar-refractivity contribution in [2.45, 2.75) is 13.5 Å². The number of nitrogens with one attached hydrogen (secondary N) is 1. The average molecular weight is 365 g/mol. The summed E-state index contributed by atoms with van der Waals surface area (Å²) in [6, 6.07) is 25.8. The fraction of sp³-hybridized carbons (Fsp3) is 0.0833. The second-order valence-electron chi connectivity index (χ2n) is 6.53. The minimum absolute atomic E-state index is 0.461. The van der Waals surface area contributed by atoms with Crippen molar-refractivity contribution in [3.05, 3.63) is 95.3 Å². The number of fused-ring (bicyclic) bond motifs is 1. The summed E-state index contributed by atoms with van der Waals surface area (Å²) in [5.74, 6) is 1.28. The molecule has 0 bridgehead atoms. The van der Waals surface area contributed by atoms with E-state index < -0.39 is 0 Å². The molecule has 0 fully saturated rings. The van der Waals surface area contributed by atoms with E-state index in [1.807, 2.05) is 66.7 Å². The maximum Gasteiger partial charge on any atom is 0.149 e. The number of hydrogen-bond acceptors (Lipinski definition) is 3. The monoisotopic (exact) mass is 365 g/mol. The third-order valence-electron chi connectivity index (χ3n) is 4.63. The van der Waals surface area contributed by atoms with Gasteiger partial charge in [-0.05, 0) is 42.3 Å². The van der Waals surface area contributed by atoms with Crippen LogP contribution in [0.25, 0.3) is 22.7 Å². The van der Waals surface area contributed by atoms with Crippen LogP contribution in [0.3, 0.4) is 0 Å².